The van der Waals surface area contributed by atoms with E-state index >= 15 is 0 Å². The van der Waals surface area contributed by atoms with Gasteiger partial charge in [0.1, 0.15) is 11.5 Å². The molecule has 2 aromatic rings. The van der Waals surface area contributed by atoms with Gasteiger partial charge in [-0.05, 0) is 49.2 Å². The molecule has 0 radical (unpaired) electrons. The standard InChI is InChI=1S/C16H18O2S/c1-11-5-12(2)7-15(6-11)19-16-9-13(17-3)8-14(10-16)18-4/h5-10H,1-4H3. The van der Waals surface area contributed by atoms with Crippen LogP contribution in [0.1, 0.15) is 11.1 Å². The smallest absolute Gasteiger partial charge is 0.123 e. The Morgan fingerprint density at radius 3 is 1.63 bits per heavy atom. The van der Waals surface area contributed by atoms with Gasteiger partial charge >= 0.3 is 0 Å². The van der Waals surface area contributed by atoms with Crippen LogP contribution in [0.2, 0.25) is 0 Å². The van der Waals surface area contributed by atoms with Crippen molar-refractivity contribution in [2.45, 2.75) is 23.6 Å². The molecule has 0 aliphatic heterocycles. The maximum Gasteiger partial charge on any atom is 0.123 e. The van der Waals surface area contributed by atoms with Crippen LogP contribution in [0.5, 0.6) is 11.5 Å². The highest BCUT2D eigenvalue weighted by Crippen LogP contribution is 2.34. The van der Waals surface area contributed by atoms with E-state index in [1.807, 2.05) is 18.2 Å². The van der Waals surface area contributed by atoms with Gasteiger partial charge in [0.15, 0.2) is 0 Å². The fraction of sp³-hybridized carbons (Fsp3) is 0.250. The Kier molecular flexibility index (Phi) is 4.38. The van der Waals surface area contributed by atoms with Gasteiger partial charge in [0, 0.05) is 15.9 Å². The molecule has 0 fully saturated rings. The average molecular weight is 274 g/mol. The van der Waals surface area contributed by atoms with E-state index in [1.165, 1.54) is 16.0 Å². The Hall–Kier alpha value is -1.61. The van der Waals surface area contributed by atoms with Crippen LogP contribution in [0.25, 0.3) is 0 Å². The molecule has 2 nitrogen and oxygen atoms in total. The van der Waals surface area contributed by atoms with Crippen LogP contribution in [0.4, 0.5) is 0 Å². The first-order valence-electron chi connectivity index (χ1n) is 6.10. The van der Waals surface area contributed by atoms with Crippen LogP contribution in [-0.2, 0) is 0 Å². The van der Waals surface area contributed by atoms with E-state index in [4.69, 9.17) is 9.47 Å². The number of rotatable bonds is 4. The third kappa shape index (κ3) is 3.67. The highest BCUT2D eigenvalue weighted by molar-refractivity contribution is 7.99. The third-order valence-electron chi connectivity index (χ3n) is 2.76. The monoisotopic (exact) mass is 274 g/mol. The quantitative estimate of drug-likeness (QED) is 0.819. The number of benzene rings is 2. The van der Waals surface area contributed by atoms with Crippen molar-refractivity contribution in [2.75, 3.05) is 14.2 Å². The van der Waals surface area contributed by atoms with Crippen molar-refractivity contribution in [3.8, 4) is 11.5 Å². The first-order valence-corrected chi connectivity index (χ1v) is 6.91. The fourth-order valence-electron chi connectivity index (χ4n) is 1.97. The number of hydrogen-bond acceptors (Lipinski definition) is 3. The summed E-state index contributed by atoms with van der Waals surface area (Å²) >= 11 is 1.72. The summed E-state index contributed by atoms with van der Waals surface area (Å²) in [6.45, 7) is 4.23. The molecule has 0 N–H and O–H groups in total. The van der Waals surface area contributed by atoms with E-state index in [9.17, 15) is 0 Å². The van der Waals surface area contributed by atoms with E-state index in [0.717, 1.165) is 16.4 Å². The van der Waals surface area contributed by atoms with E-state index in [1.54, 1.807) is 26.0 Å². The van der Waals surface area contributed by atoms with Crippen LogP contribution in [0, 0.1) is 13.8 Å². The van der Waals surface area contributed by atoms with Gasteiger partial charge in [-0.3, -0.25) is 0 Å². The third-order valence-corrected chi connectivity index (χ3v) is 3.70. The van der Waals surface area contributed by atoms with Gasteiger partial charge in [-0.25, -0.2) is 0 Å². The molecule has 2 aromatic carbocycles. The van der Waals surface area contributed by atoms with Crippen molar-refractivity contribution in [1.82, 2.24) is 0 Å². The van der Waals surface area contributed by atoms with Crippen molar-refractivity contribution < 1.29 is 9.47 Å². The molecule has 0 spiro atoms. The van der Waals surface area contributed by atoms with Crippen molar-refractivity contribution >= 4 is 11.8 Å². The zero-order chi connectivity index (χ0) is 13.8. The Labute approximate surface area is 118 Å². The fourth-order valence-corrected chi connectivity index (χ4v) is 3.08. The van der Waals surface area contributed by atoms with Crippen molar-refractivity contribution in [1.29, 1.82) is 0 Å². The molecular weight excluding hydrogens is 256 g/mol. The SMILES string of the molecule is COc1cc(OC)cc(Sc2cc(C)cc(C)c2)c1. The van der Waals surface area contributed by atoms with Gasteiger partial charge in [0.25, 0.3) is 0 Å². The molecular formula is C16H18O2S. The predicted molar refractivity (Wildman–Crippen MR) is 79.6 cm³/mol. The van der Waals surface area contributed by atoms with E-state index in [0.29, 0.717) is 0 Å². The lowest BCUT2D eigenvalue weighted by atomic mass is 10.2. The molecule has 100 valence electrons. The highest BCUT2D eigenvalue weighted by atomic mass is 32.2. The predicted octanol–water partition coefficient (Wildman–Crippen LogP) is 4.47. The van der Waals surface area contributed by atoms with E-state index in [2.05, 4.69) is 32.0 Å². The molecule has 0 aliphatic carbocycles. The van der Waals surface area contributed by atoms with Gasteiger partial charge in [-0.1, -0.05) is 17.8 Å². The maximum absolute atomic E-state index is 5.29. The molecule has 0 atom stereocenters. The molecule has 0 saturated heterocycles. The summed E-state index contributed by atoms with van der Waals surface area (Å²) in [5.74, 6) is 1.62. The number of ether oxygens (including phenoxy) is 2. The maximum atomic E-state index is 5.29. The first kappa shape index (κ1) is 13.8. The van der Waals surface area contributed by atoms with Crippen LogP contribution in [0.3, 0.4) is 0 Å². The summed E-state index contributed by atoms with van der Waals surface area (Å²) < 4.78 is 10.6. The van der Waals surface area contributed by atoms with Gasteiger partial charge in [-0.2, -0.15) is 0 Å². The minimum absolute atomic E-state index is 0.811. The molecule has 0 unspecified atom stereocenters. The highest BCUT2D eigenvalue weighted by Gasteiger charge is 2.04. The summed E-state index contributed by atoms with van der Waals surface area (Å²) in [6.07, 6.45) is 0. The average Bonchev–Trinajstić information content (AvgIpc) is 2.37. The first-order chi connectivity index (χ1) is 9.10. The van der Waals surface area contributed by atoms with Crippen molar-refractivity contribution in [2.24, 2.45) is 0 Å². The second-order valence-corrected chi connectivity index (χ2v) is 5.62. The van der Waals surface area contributed by atoms with E-state index < -0.39 is 0 Å². The largest absolute Gasteiger partial charge is 0.497 e. The second kappa shape index (κ2) is 6.02. The molecule has 0 aromatic heterocycles. The Balaban J connectivity index is 2.31. The van der Waals surface area contributed by atoms with E-state index in [-0.39, 0.29) is 0 Å². The summed E-state index contributed by atoms with van der Waals surface area (Å²) in [6, 6.07) is 12.5. The van der Waals surface area contributed by atoms with Crippen molar-refractivity contribution in [3.05, 3.63) is 47.5 Å². The molecule has 0 heterocycles. The topological polar surface area (TPSA) is 18.5 Å². The minimum Gasteiger partial charge on any atom is -0.497 e. The summed E-state index contributed by atoms with van der Waals surface area (Å²) in [4.78, 5) is 2.34. The summed E-state index contributed by atoms with van der Waals surface area (Å²) in [5, 5.41) is 0. The normalized spacial score (nSPS) is 10.3. The van der Waals surface area contributed by atoms with Crippen LogP contribution >= 0.6 is 11.8 Å². The van der Waals surface area contributed by atoms with Gasteiger partial charge in [0.2, 0.25) is 0 Å². The Morgan fingerprint density at radius 2 is 1.16 bits per heavy atom. The zero-order valence-corrected chi connectivity index (χ0v) is 12.5. The molecule has 19 heavy (non-hydrogen) atoms. The lowest BCUT2D eigenvalue weighted by Crippen LogP contribution is -1.88. The number of methoxy groups -OCH3 is 2. The van der Waals surface area contributed by atoms with Gasteiger partial charge in [0.05, 0.1) is 14.2 Å². The molecule has 0 bridgehead atoms. The van der Waals surface area contributed by atoms with Gasteiger partial charge < -0.3 is 9.47 Å². The molecule has 0 amide bonds. The molecule has 0 aliphatic rings. The lowest BCUT2D eigenvalue weighted by molar-refractivity contribution is 0.392. The number of hydrogen-bond donors (Lipinski definition) is 0. The van der Waals surface area contributed by atoms with Crippen LogP contribution in [0.15, 0.2) is 46.2 Å². The summed E-state index contributed by atoms with van der Waals surface area (Å²) in [5.41, 5.74) is 2.55. The van der Waals surface area contributed by atoms with Gasteiger partial charge in [-0.15, -0.1) is 0 Å². The minimum atomic E-state index is 0.811. The zero-order valence-electron chi connectivity index (χ0n) is 11.7. The Bertz CT molecular complexity index is 536. The molecule has 2 rings (SSSR count). The Morgan fingerprint density at radius 1 is 0.684 bits per heavy atom. The molecule has 3 heteroatoms. The molecule has 0 saturated carbocycles. The van der Waals surface area contributed by atoms with Crippen LogP contribution in [-0.4, -0.2) is 14.2 Å². The van der Waals surface area contributed by atoms with Crippen LogP contribution < -0.4 is 9.47 Å². The summed E-state index contributed by atoms with van der Waals surface area (Å²) in [7, 11) is 3.33. The number of aryl methyl sites for hydroxylation is 2. The second-order valence-electron chi connectivity index (χ2n) is 4.47. The lowest BCUT2D eigenvalue weighted by Gasteiger charge is -2.09. The van der Waals surface area contributed by atoms with Crippen molar-refractivity contribution in [3.63, 3.8) is 0 Å².